The van der Waals surface area contributed by atoms with Crippen LogP contribution in [-0.2, 0) is 9.59 Å². The second kappa shape index (κ2) is 8.66. The summed E-state index contributed by atoms with van der Waals surface area (Å²) in [5.74, 6) is -5.42. The van der Waals surface area contributed by atoms with Gasteiger partial charge >= 0.3 is 5.97 Å². The van der Waals surface area contributed by atoms with Gasteiger partial charge in [-0.3, -0.25) is 9.59 Å². The van der Waals surface area contributed by atoms with Gasteiger partial charge in [0.2, 0.25) is 0 Å². The van der Waals surface area contributed by atoms with Crippen LogP contribution in [0.5, 0.6) is 11.5 Å². The highest BCUT2D eigenvalue weighted by Crippen LogP contribution is 2.43. The number of carbonyl (C=O) groups is 2. The molecule has 0 aromatic heterocycles. The predicted molar refractivity (Wildman–Crippen MR) is 113 cm³/mol. The topological polar surface area (TPSA) is 76.1 Å². The number of halogens is 4. The number of hydrogen-bond donors (Lipinski definition) is 1. The highest BCUT2D eigenvalue weighted by molar-refractivity contribution is 6.06. The number of benzene rings is 2. The van der Waals surface area contributed by atoms with E-state index < -0.39 is 42.4 Å². The van der Waals surface area contributed by atoms with Crippen molar-refractivity contribution in [2.24, 2.45) is 0 Å². The highest BCUT2D eigenvalue weighted by atomic mass is 19.3. The van der Waals surface area contributed by atoms with Crippen molar-refractivity contribution in [3.63, 3.8) is 0 Å². The molecule has 6 nitrogen and oxygen atoms in total. The summed E-state index contributed by atoms with van der Waals surface area (Å²) >= 11 is 0. The van der Waals surface area contributed by atoms with Crippen molar-refractivity contribution in [1.29, 1.82) is 0 Å². The number of hydrogen-bond acceptors (Lipinski definition) is 4. The molecule has 10 heteroatoms. The fourth-order valence-electron chi connectivity index (χ4n) is 3.94. The van der Waals surface area contributed by atoms with Crippen LogP contribution in [0.15, 0.2) is 48.0 Å². The van der Waals surface area contributed by atoms with Crippen molar-refractivity contribution in [3.8, 4) is 11.5 Å². The molecule has 0 aliphatic carbocycles. The standard InChI is InChI=1S/C24H21F4NO5/c1-23(26)12-29(13-24(23,27)28)22(32)18-11-34-19-7-6-16(33-9-8-20(30)31)10-17(19)21(18)14-2-4-15(25)5-3-14/h2-7,10H,8-9,11-13H2,1H3,(H,30,31). The molecular formula is C24H21F4NO5. The maximum atomic E-state index is 14.4. The molecule has 2 heterocycles. The Morgan fingerprint density at radius 2 is 1.82 bits per heavy atom. The van der Waals surface area contributed by atoms with Crippen LogP contribution in [0.2, 0.25) is 0 Å². The third kappa shape index (κ3) is 4.44. The maximum Gasteiger partial charge on any atom is 0.306 e. The summed E-state index contributed by atoms with van der Waals surface area (Å²) in [6.07, 6.45) is -0.233. The quantitative estimate of drug-likeness (QED) is 0.632. The SMILES string of the molecule is CC1(F)CN(C(=O)C2=C(c3ccc(F)cc3)c3cc(OCCC(=O)O)ccc3OC2)CC1(F)F. The van der Waals surface area contributed by atoms with Gasteiger partial charge in [-0.2, -0.15) is 0 Å². The third-order valence-electron chi connectivity index (χ3n) is 5.80. The molecule has 0 bridgehead atoms. The molecule has 4 rings (SSSR count). The lowest BCUT2D eigenvalue weighted by atomic mass is 9.90. The van der Waals surface area contributed by atoms with Gasteiger partial charge in [-0.25, -0.2) is 17.6 Å². The second-order valence-electron chi connectivity index (χ2n) is 8.36. The molecule has 1 saturated heterocycles. The van der Waals surface area contributed by atoms with Crippen molar-refractivity contribution in [1.82, 2.24) is 4.90 Å². The van der Waals surface area contributed by atoms with Crippen molar-refractivity contribution < 1.29 is 41.7 Å². The van der Waals surface area contributed by atoms with E-state index >= 15 is 0 Å². The monoisotopic (exact) mass is 479 g/mol. The summed E-state index contributed by atoms with van der Waals surface area (Å²) in [5.41, 5.74) is -1.76. The van der Waals surface area contributed by atoms with Gasteiger partial charge in [0.25, 0.3) is 11.8 Å². The van der Waals surface area contributed by atoms with E-state index in [4.69, 9.17) is 14.6 Å². The van der Waals surface area contributed by atoms with Crippen LogP contribution in [0.3, 0.4) is 0 Å². The summed E-state index contributed by atoms with van der Waals surface area (Å²) in [6.45, 7) is -1.48. The van der Waals surface area contributed by atoms with Crippen molar-refractivity contribution in [3.05, 3.63) is 65.0 Å². The average molecular weight is 479 g/mol. The molecule has 0 radical (unpaired) electrons. The van der Waals surface area contributed by atoms with Crippen molar-refractivity contribution in [2.45, 2.75) is 24.9 Å². The van der Waals surface area contributed by atoms with Gasteiger partial charge in [0, 0.05) is 11.1 Å². The van der Waals surface area contributed by atoms with E-state index in [1.165, 1.54) is 30.3 Å². The molecular weight excluding hydrogens is 458 g/mol. The first-order valence-corrected chi connectivity index (χ1v) is 10.5. The summed E-state index contributed by atoms with van der Waals surface area (Å²) in [6, 6.07) is 9.90. The van der Waals surface area contributed by atoms with E-state index in [0.29, 0.717) is 28.2 Å². The normalized spacial score (nSPS) is 21.1. The molecule has 1 atom stereocenters. The molecule has 1 N–H and O–H groups in total. The molecule has 2 aromatic carbocycles. The first-order chi connectivity index (χ1) is 16.0. The number of rotatable bonds is 6. The number of nitrogens with zero attached hydrogens (tertiary/aromatic N) is 1. The molecule has 34 heavy (non-hydrogen) atoms. The van der Waals surface area contributed by atoms with Crippen molar-refractivity contribution >= 4 is 17.4 Å². The first kappa shape index (κ1) is 23.6. The van der Waals surface area contributed by atoms with Gasteiger partial charge in [-0.1, -0.05) is 12.1 Å². The number of likely N-dealkylation sites (tertiary alicyclic amines) is 1. The van der Waals surface area contributed by atoms with Crippen LogP contribution in [0.1, 0.15) is 24.5 Å². The Morgan fingerprint density at radius 1 is 1.12 bits per heavy atom. The number of amides is 1. The zero-order valence-electron chi connectivity index (χ0n) is 18.1. The van der Waals surface area contributed by atoms with E-state index in [9.17, 15) is 27.2 Å². The van der Waals surface area contributed by atoms with Gasteiger partial charge in [0.05, 0.1) is 31.7 Å². The Kier molecular flexibility index (Phi) is 6.01. The van der Waals surface area contributed by atoms with Crippen LogP contribution in [-0.4, -0.2) is 59.8 Å². The molecule has 2 aromatic rings. The van der Waals surface area contributed by atoms with Crippen LogP contribution in [0, 0.1) is 5.82 Å². The second-order valence-corrected chi connectivity index (χ2v) is 8.36. The maximum absolute atomic E-state index is 14.4. The molecule has 2 aliphatic heterocycles. The third-order valence-corrected chi connectivity index (χ3v) is 5.80. The molecule has 2 aliphatic rings. The lowest BCUT2D eigenvalue weighted by Crippen LogP contribution is -2.39. The fourth-order valence-corrected chi connectivity index (χ4v) is 3.94. The molecule has 1 amide bonds. The van der Waals surface area contributed by atoms with E-state index in [2.05, 4.69) is 0 Å². The molecule has 1 fully saturated rings. The number of alkyl halides is 3. The smallest absolute Gasteiger partial charge is 0.306 e. The number of aliphatic carboxylic acids is 1. The number of carboxylic acid groups (broad SMARTS) is 1. The minimum atomic E-state index is -3.71. The summed E-state index contributed by atoms with van der Waals surface area (Å²) in [5, 5.41) is 8.81. The Hall–Kier alpha value is -3.56. The number of carboxylic acids is 1. The van der Waals surface area contributed by atoms with Gasteiger partial charge < -0.3 is 19.5 Å². The Labute approximate surface area is 192 Å². The fraction of sp³-hybridized carbons (Fsp3) is 0.333. The van der Waals surface area contributed by atoms with Crippen LogP contribution >= 0.6 is 0 Å². The minimum absolute atomic E-state index is 0.00953. The number of ether oxygens (including phenoxy) is 2. The van der Waals surface area contributed by atoms with Gasteiger partial charge in [0.1, 0.15) is 23.9 Å². The van der Waals surface area contributed by atoms with Crippen LogP contribution in [0.4, 0.5) is 17.6 Å². The van der Waals surface area contributed by atoms with Gasteiger partial charge in [0.15, 0.2) is 5.67 Å². The molecule has 1 unspecified atom stereocenters. The minimum Gasteiger partial charge on any atom is -0.493 e. The van der Waals surface area contributed by atoms with E-state index in [0.717, 1.165) is 11.8 Å². The lowest BCUT2D eigenvalue weighted by Gasteiger charge is -2.27. The van der Waals surface area contributed by atoms with Gasteiger partial charge in [-0.05, 0) is 42.8 Å². The van der Waals surface area contributed by atoms with Crippen molar-refractivity contribution in [2.75, 3.05) is 26.3 Å². The largest absolute Gasteiger partial charge is 0.493 e. The van der Waals surface area contributed by atoms with Gasteiger partial charge in [-0.15, -0.1) is 0 Å². The number of fused-ring (bicyclic) bond motifs is 1. The summed E-state index contributed by atoms with van der Waals surface area (Å²) in [7, 11) is 0. The van der Waals surface area contributed by atoms with E-state index in [-0.39, 0.29) is 25.2 Å². The summed E-state index contributed by atoms with van der Waals surface area (Å²) in [4.78, 5) is 24.8. The first-order valence-electron chi connectivity index (χ1n) is 10.5. The highest BCUT2D eigenvalue weighted by Gasteiger charge is 2.59. The predicted octanol–water partition coefficient (Wildman–Crippen LogP) is 4.08. The van der Waals surface area contributed by atoms with Crippen LogP contribution < -0.4 is 9.47 Å². The van der Waals surface area contributed by atoms with E-state index in [1.54, 1.807) is 12.1 Å². The molecule has 0 saturated carbocycles. The molecule has 180 valence electrons. The molecule has 0 spiro atoms. The lowest BCUT2D eigenvalue weighted by molar-refractivity contribution is -0.137. The summed E-state index contributed by atoms with van der Waals surface area (Å²) < 4.78 is 67.4. The average Bonchev–Trinajstić information content (AvgIpc) is 2.99. The number of carbonyl (C=O) groups excluding carboxylic acids is 1. The zero-order chi connectivity index (χ0) is 24.7. The zero-order valence-corrected chi connectivity index (χ0v) is 18.1. The Morgan fingerprint density at radius 3 is 2.44 bits per heavy atom. The Bertz CT molecular complexity index is 1140. The van der Waals surface area contributed by atoms with E-state index in [1.807, 2.05) is 0 Å². The Balaban J connectivity index is 1.77. The van der Waals surface area contributed by atoms with Crippen LogP contribution in [0.25, 0.3) is 5.57 Å².